The summed E-state index contributed by atoms with van der Waals surface area (Å²) >= 11 is 0. The van der Waals surface area contributed by atoms with Crippen LogP contribution in [0.25, 0.3) is 0 Å². The lowest BCUT2D eigenvalue weighted by atomic mass is 10.3. The van der Waals surface area contributed by atoms with E-state index in [-0.39, 0.29) is 42.2 Å². The van der Waals surface area contributed by atoms with Crippen molar-refractivity contribution in [2.45, 2.75) is 19.3 Å². The highest BCUT2D eigenvalue weighted by Gasteiger charge is 2.20. The van der Waals surface area contributed by atoms with Gasteiger partial charge in [0.1, 0.15) is 5.82 Å². The number of amides is 1. The van der Waals surface area contributed by atoms with Crippen LogP contribution in [0, 0.1) is 11.7 Å². The molecule has 6 nitrogen and oxygen atoms in total. The van der Waals surface area contributed by atoms with Crippen molar-refractivity contribution in [1.82, 2.24) is 10.6 Å². The first-order valence-electron chi connectivity index (χ1n) is 8.25. The van der Waals surface area contributed by atoms with Gasteiger partial charge in [0.2, 0.25) is 5.91 Å². The predicted molar refractivity (Wildman–Crippen MR) is 108 cm³/mol. The zero-order valence-electron chi connectivity index (χ0n) is 14.4. The maximum absolute atomic E-state index is 12.8. The number of carbonyl (C=O) groups is 1. The Morgan fingerprint density at radius 2 is 2.00 bits per heavy atom. The molecule has 1 aromatic rings. The molecule has 0 aromatic heterocycles. The number of aliphatic imine (C=N–C) groups is 1. The Balaban J connectivity index is 0.00000312. The predicted octanol–water partition coefficient (Wildman–Crippen LogP) is 2.36. The average Bonchev–Trinajstić information content (AvgIpc) is 3.40. The largest absolute Gasteiger partial charge is 0.381 e. The lowest BCUT2D eigenvalue weighted by Gasteiger charge is -2.12. The number of halogens is 2. The van der Waals surface area contributed by atoms with Crippen LogP contribution in [-0.4, -0.2) is 45.2 Å². The van der Waals surface area contributed by atoms with Gasteiger partial charge < -0.3 is 20.7 Å². The molecule has 0 spiro atoms. The van der Waals surface area contributed by atoms with Gasteiger partial charge in [0.05, 0.1) is 6.54 Å². The fourth-order valence-electron chi connectivity index (χ4n) is 2.04. The summed E-state index contributed by atoms with van der Waals surface area (Å²) in [4.78, 5) is 15.9. The summed E-state index contributed by atoms with van der Waals surface area (Å²) < 4.78 is 18.4. The van der Waals surface area contributed by atoms with Crippen molar-refractivity contribution in [3.63, 3.8) is 0 Å². The van der Waals surface area contributed by atoms with Gasteiger partial charge in [-0.1, -0.05) is 0 Å². The van der Waals surface area contributed by atoms with Gasteiger partial charge in [0.15, 0.2) is 5.96 Å². The number of rotatable bonds is 9. The van der Waals surface area contributed by atoms with Crippen LogP contribution in [0.1, 0.15) is 19.3 Å². The summed E-state index contributed by atoms with van der Waals surface area (Å²) in [6.45, 7) is 2.40. The van der Waals surface area contributed by atoms with E-state index in [0.717, 1.165) is 32.1 Å². The highest BCUT2D eigenvalue weighted by atomic mass is 127. The third-order valence-electron chi connectivity index (χ3n) is 3.58. The van der Waals surface area contributed by atoms with Gasteiger partial charge in [-0.25, -0.2) is 4.39 Å². The van der Waals surface area contributed by atoms with E-state index >= 15 is 0 Å². The molecule has 0 radical (unpaired) electrons. The minimum Gasteiger partial charge on any atom is -0.381 e. The number of anilines is 1. The summed E-state index contributed by atoms with van der Waals surface area (Å²) in [5, 5.41) is 8.74. The van der Waals surface area contributed by atoms with Gasteiger partial charge in [-0.15, -0.1) is 24.0 Å². The Morgan fingerprint density at radius 3 is 2.64 bits per heavy atom. The molecule has 0 heterocycles. The lowest BCUT2D eigenvalue weighted by Crippen LogP contribution is -2.41. The number of carbonyl (C=O) groups excluding carboxylic acids is 1. The first-order valence-corrected chi connectivity index (χ1v) is 8.25. The van der Waals surface area contributed by atoms with Gasteiger partial charge in [-0.3, -0.25) is 9.79 Å². The van der Waals surface area contributed by atoms with Crippen molar-refractivity contribution < 1.29 is 13.9 Å². The number of nitrogens with one attached hydrogen (secondary N) is 3. The maximum Gasteiger partial charge on any atom is 0.243 e. The highest BCUT2D eigenvalue weighted by Crippen LogP contribution is 2.28. The fourth-order valence-corrected chi connectivity index (χ4v) is 2.04. The molecule has 1 saturated carbocycles. The van der Waals surface area contributed by atoms with Crippen molar-refractivity contribution in [3.8, 4) is 0 Å². The lowest BCUT2D eigenvalue weighted by molar-refractivity contribution is -0.115. The van der Waals surface area contributed by atoms with Crippen molar-refractivity contribution in [3.05, 3.63) is 30.1 Å². The van der Waals surface area contributed by atoms with Crippen LogP contribution in [0.3, 0.4) is 0 Å². The maximum atomic E-state index is 12.8. The van der Waals surface area contributed by atoms with Crippen molar-refractivity contribution in [2.24, 2.45) is 10.9 Å². The van der Waals surface area contributed by atoms with Gasteiger partial charge in [0, 0.05) is 32.5 Å². The van der Waals surface area contributed by atoms with E-state index in [1.54, 1.807) is 7.05 Å². The van der Waals surface area contributed by atoms with Crippen molar-refractivity contribution in [2.75, 3.05) is 38.7 Å². The quantitative estimate of drug-likeness (QED) is 0.227. The molecule has 8 heteroatoms. The summed E-state index contributed by atoms with van der Waals surface area (Å²) in [6.07, 6.45) is 3.48. The molecular formula is C17H26FIN4O2. The Hall–Kier alpha value is -1.42. The minimum atomic E-state index is -0.336. The molecule has 0 atom stereocenters. The molecule has 1 aliphatic rings. The summed E-state index contributed by atoms with van der Waals surface area (Å²) in [5.41, 5.74) is 0.555. The molecule has 0 saturated heterocycles. The van der Waals surface area contributed by atoms with Gasteiger partial charge in [-0.05, 0) is 49.4 Å². The van der Waals surface area contributed by atoms with Crippen LogP contribution < -0.4 is 16.0 Å². The monoisotopic (exact) mass is 464 g/mol. The number of ether oxygens (including phenoxy) is 1. The zero-order valence-corrected chi connectivity index (χ0v) is 16.7. The molecule has 1 amide bonds. The molecule has 2 rings (SSSR count). The van der Waals surface area contributed by atoms with Gasteiger partial charge in [0.25, 0.3) is 0 Å². The zero-order chi connectivity index (χ0) is 17.2. The van der Waals surface area contributed by atoms with Gasteiger partial charge >= 0.3 is 0 Å². The van der Waals surface area contributed by atoms with E-state index in [4.69, 9.17) is 4.74 Å². The van der Waals surface area contributed by atoms with E-state index < -0.39 is 0 Å². The first kappa shape index (κ1) is 21.6. The number of nitrogens with zero attached hydrogens (tertiary/aromatic N) is 1. The molecule has 3 N–H and O–H groups in total. The summed E-state index contributed by atoms with van der Waals surface area (Å²) in [6, 6.07) is 5.63. The number of hydrogen-bond acceptors (Lipinski definition) is 3. The van der Waals surface area contributed by atoms with E-state index in [9.17, 15) is 9.18 Å². The van der Waals surface area contributed by atoms with Crippen molar-refractivity contribution in [1.29, 1.82) is 0 Å². The average molecular weight is 464 g/mol. The highest BCUT2D eigenvalue weighted by molar-refractivity contribution is 14.0. The first-order chi connectivity index (χ1) is 11.7. The Bertz CT molecular complexity index is 550. The molecule has 1 aromatic carbocycles. The second-order valence-electron chi connectivity index (χ2n) is 5.78. The van der Waals surface area contributed by atoms with Crippen LogP contribution in [0.2, 0.25) is 0 Å². The summed E-state index contributed by atoms with van der Waals surface area (Å²) in [7, 11) is 1.65. The Morgan fingerprint density at radius 1 is 1.28 bits per heavy atom. The van der Waals surface area contributed by atoms with E-state index in [1.807, 2.05) is 0 Å². The van der Waals surface area contributed by atoms with E-state index in [2.05, 4.69) is 20.9 Å². The fraction of sp³-hybridized carbons (Fsp3) is 0.529. The van der Waals surface area contributed by atoms with Crippen LogP contribution in [-0.2, 0) is 9.53 Å². The Kier molecular flexibility index (Phi) is 10.4. The number of benzene rings is 1. The second kappa shape index (κ2) is 12.0. The Labute approximate surface area is 165 Å². The topological polar surface area (TPSA) is 74.8 Å². The standard InChI is InChI=1S/C17H25FN4O2.HI/c1-19-17(20-9-2-10-24-12-13-3-4-13)21-11-16(23)22-15-7-5-14(18)6-8-15;/h5-8,13H,2-4,9-12H2,1H3,(H,22,23)(H2,19,20,21);1H. The van der Waals surface area contributed by atoms with Crippen LogP contribution in [0.15, 0.2) is 29.3 Å². The molecule has 25 heavy (non-hydrogen) atoms. The SMILES string of the molecule is CN=C(NCCCOCC1CC1)NCC(=O)Nc1ccc(F)cc1.I. The van der Waals surface area contributed by atoms with E-state index in [1.165, 1.54) is 37.1 Å². The third-order valence-corrected chi connectivity index (χ3v) is 3.58. The number of guanidine groups is 1. The number of hydrogen-bond donors (Lipinski definition) is 3. The molecule has 140 valence electrons. The van der Waals surface area contributed by atoms with E-state index in [0.29, 0.717) is 11.6 Å². The molecule has 0 unspecified atom stereocenters. The van der Waals surface area contributed by atoms with Crippen LogP contribution in [0.5, 0.6) is 0 Å². The van der Waals surface area contributed by atoms with Crippen LogP contribution in [0.4, 0.5) is 10.1 Å². The van der Waals surface area contributed by atoms with Gasteiger partial charge in [-0.2, -0.15) is 0 Å². The molecule has 1 fully saturated rings. The molecule has 0 bridgehead atoms. The molecular weight excluding hydrogens is 438 g/mol. The second-order valence-corrected chi connectivity index (χ2v) is 5.78. The molecule has 0 aliphatic heterocycles. The van der Waals surface area contributed by atoms with Crippen LogP contribution >= 0.6 is 24.0 Å². The minimum absolute atomic E-state index is 0. The smallest absolute Gasteiger partial charge is 0.243 e. The third kappa shape index (κ3) is 9.59. The van der Waals surface area contributed by atoms with Crippen molar-refractivity contribution >= 4 is 41.5 Å². The summed E-state index contributed by atoms with van der Waals surface area (Å²) in [5.74, 6) is 0.785. The normalized spacial score (nSPS) is 13.8. The molecule has 1 aliphatic carbocycles.